The number of anilines is 1. The summed E-state index contributed by atoms with van der Waals surface area (Å²) in [5.41, 5.74) is 7.73. The lowest BCUT2D eigenvalue weighted by atomic mass is 10.1. The maximum absolute atomic E-state index is 4.93. The first-order valence-electron chi connectivity index (χ1n) is 10.5. The van der Waals surface area contributed by atoms with Crippen molar-refractivity contribution in [3.05, 3.63) is 71.2 Å². The average Bonchev–Trinajstić information content (AvgIpc) is 3.49. The van der Waals surface area contributed by atoms with Gasteiger partial charge in [-0.25, -0.2) is 4.98 Å². The van der Waals surface area contributed by atoms with Gasteiger partial charge in [-0.3, -0.25) is 14.9 Å². The molecule has 0 amide bonds. The number of thiophene rings is 1. The predicted molar refractivity (Wildman–Crippen MR) is 126 cm³/mol. The Morgan fingerprint density at radius 3 is 2.65 bits per heavy atom. The van der Waals surface area contributed by atoms with Crippen molar-refractivity contribution in [2.24, 2.45) is 0 Å². The second kappa shape index (κ2) is 7.76. The van der Waals surface area contributed by atoms with E-state index in [1.807, 2.05) is 0 Å². The van der Waals surface area contributed by atoms with Crippen LogP contribution in [0, 0.1) is 0 Å². The van der Waals surface area contributed by atoms with Crippen LogP contribution in [-0.4, -0.2) is 51.0 Å². The molecule has 0 saturated carbocycles. The molecule has 0 atom stereocenters. The van der Waals surface area contributed by atoms with Crippen molar-refractivity contribution >= 4 is 39.1 Å². The number of nitrogens with zero attached hydrogens (tertiary/aromatic N) is 5. The van der Waals surface area contributed by atoms with Gasteiger partial charge in [0.25, 0.3) is 0 Å². The minimum absolute atomic E-state index is 0.940. The van der Waals surface area contributed by atoms with E-state index in [-0.39, 0.29) is 0 Å². The van der Waals surface area contributed by atoms with Crippen LogP contribution in [0.5, 0.6) is 0 Å². The van der Waals surface area contributed by atoms with E-state index in [9.17, 15) is 0 Å². The molecule has 1 N–H and O–H groups in total. The number of para-hydroxylation sites is 1. The fourth-order valence-electron chi connectivity index (χ4n) is 4.32. The summed E-state index contributed by atoms with van der Waals surface area (Å²) in [6.45, 7) is 4.98. The van der Waals surface area contributed by atoms with E-state index < -0.39 is 0 Å². The molecule has 1 fully saturated rings. The fraction of sp³-hybridized carbons (Fsp3) is 0.208. The van der Waals surface area contributed by atoms with E-state index in [2.05, 4.69) is 78.0 Å². The lowest BCUT2D eigenvalue weighted by Gasteiger charge is -2.36. The summed E-state index contributed by atoms with van der Waals surface area (Å²) in [6, 6.07) is 14.9. The Bertz CT molecular complexity index is 1330. The van der Waals surface area contributed by atoms with E-state index in [0.29, 0.717) is 0 Å². The van der Waals surface area contributed by atoms with Crippen LogP contribution in [0.3, 0.4) is 0 Å². The topological polar surface area (TPSA) is 60.9 Å². The first-order chi connectivity index (χ1) is 15.3. The highest BCUT2D eigenvalue weighted by Crippen LogP contribution is 2.30. The molecule has 2 aromatic carbocycles. The van der Waals surface area contributed by atoms with Crippen molar-refractivity contribution in [3.8, 4) is 11.4 Å². The normalized spacial score (nSPS) is 15.2. The molecule has 0 radical (unpaired) electrons. The zero-order chi connectivity index (χ0) is 20.6. The number of aromatic amines is 1. The average molecular weight is 427 g/mol. The van der Waals surface area contributed by atoms with E-state index in [1.54, 1.807) is 23.7 Å². The number of piperazine rings is 1. The minimum Gasteiger partial charge on any atom is -0.367 e. The molecule has 1 saturated heterocycles. The van der Waals surface area contributed by atoms with Crippen molar-refractivity contribution < 1.29 is 0 Å². The zero-order valence-electron chi connectivity index (χ0n) is 17.0. The highest BCUT2D eigenvalue weighted by atomic mass is 32.1. The molecule has 4 heterocycles. The number of hydrogen-bond donors (Lipinski definition) is 1. The first kappa shape index (κ1) is 18.5. The molecule has 1 aliphatic heterocycles. The van der Waals surface area contributed by atoms with Crippen LogP contribution in [0.1, 0.15) is 5.56 Å². The number of benzene rings is 2. The Balaban J connectivity index is 1.18. The van der Waals surface area contributed by atoms with Crippen LogP contribution in [0.2, 0.25) is 0 Å². The van der Waals surface area contributed by atoms with Gasteiger partial charge in [0.05, 0.1) is 22.2 Å². The molecule has 0 spiro atoms. The SMILES string of the molecule is c1cc(N2CCN(Cc3ccc4nccnc4c3)CC2)c2nc(-c3ccsc3)[nH]c2c1. The molecule has 7 heteroatoms. The Labute approximate surface area is 184 Å². The Hall–Kier alpha value is -3.29. The zero-order valence-corrected chi connectivity index (χ0v) is 17.8. The van der Waals surface area contributed by atoms with Crippen molar-refractivity contribution in [1.82, 2.24) is 24.8 Å². The number of H-pyrrole nitrogens is 1. The summed E-state index contributed by atoms with van der Waals surface area (Å²) < 4.78 is 0. The van der Waals surface area contributed by atoms with Crippen LogP contribution in [0.4, 0.5) is 5.69 Å². The smallest absolute Gasteiger partial charge is 0.139 e. The second-order valence-corrected chi connectivity index (χ2v) is 8.69. The summed E-state index contributed by atoms with van der Waals surface area (Å²) in [6.07, 6.45) is 3.49. The van der Waals surface area contributed by atoms with Gasteiger partial charge in [-0.15, -0.1) is 0 Å². The highest BCUT2D eigenvalue weighted by Gasteiger charge is 2.20. The van der Waals surface area contributed by atoms with Gasteiger partial charge < -0.3 is 9.88 Å². The molecular weight excluding hydrogens is 404 g/mol. The molecule has 5 aromatic rings. The summed E-state index contributed by atoms with van der Waals surface area (Å²) in [7, 11) is 0. The van der Waals surface area contributed by atoms with Crippen molar-refractivity contribution in [2.75, 3.05) is 31.1 Å². The highest BCUT2D eigenvalue weighted by molar-refractivity contribution is 7.08. The van der Waals surface area contributed by atoms with Crippen molar-refractivity contribution in [2.45, 2.75) is 6.54 Å². The van der Waals surface area contributed by atoms with Crippen molar-refractivity contribution in [3.63, 3.8) is 0 Å². The van der Waals surface area contributed by atoms with Gasteiger partial charge >= 0.3 is 0 Å². The molecule has 0 aliphatic carbocycles. The molecule has 6 rings (SSSR count). The van der Waals surface area contributed by atoms with Gasteiger partial charge in [-0.05, 0) is 41.3 Å². The van der Waals surface area contributed by atoms with Crippen molar-refractivity contribution in [1.29, 1.82) is 0 Å². The van der Waals surface area contributed by atoms with E-state index >= 15 is 0 Å². The maximum atomic E-state index is 4.93. The summed E-state index contributed by atoms with van der Waals surface area (Å²) in [5.74, 6) is 0.946. The lowest BCUT2D eigenvalue weighted by molar-refractivity contribution is 0.250. The maximum Gasteiger partial charge on any atom is 0.139 e. The molecule has 3 aromatic heterocycles. The second-order valence-electron chi connectivity index (χ2n) is 7.91. The standard InChI is InChI=1S/C24H22N6S/c1-2-20-23(28-24(27-20)18-6-13-31-16-18)22(3-1)30-11-9-29(10-12-30)15-17-4-5-19-21(14-17)26-8-7-25-19/h1-8,13-14,16H,9-12,15H2,(H,27,28). The fourth-order valence-corrected chi connectivity index (χ4v) is 4.96. The van der Waals surface area contributed by atoms with Gasteiger partial charge in [0.15, 0.2) is 0 Å². The van der Waals surface area contributed by atoms with Gasteiger partial charge in [0.1, 0.15) is 11.3 Å². The molecule has 0 unspecified atom stereocenters. The first-order valence-corrected chi connectivity index (χ1v) is 11.5. The molecule has 154 valence electrons. The quantitative estimate of drug-likeness (QED) is 0.457. The summed E-state index contributed by atoms with van der Waals surface area (Å²) in [4.78, 5) is 22.2. The minimum atomic E-state index is 0.940. The third-order valence-corrected chi connectivity index (χ3v) is 6.62. The third kappa shape index (κ3) is 3.56. The monoisotopic (exact) mass is 426 g/mol. The van der Waals surface area contributed by atoms with Gasteiger partial charge in [0, 0.05) is 56.1 Å². The number of aromatic nitrogens is 4. The Morgan fingerprint density at radius 1 is 0.935 bits per heavy atom. The van der Waals surface area contributed by atoms with E-state index in [4.69, 9.17) is 4.98 Å². The Morgan fingerprint density at radius 2 is 1.81 bits per heavy atom. The summed E-state index contributed by atoms with van der Waals surface area (Å²) in [5, 5.41) is 4.22. The number of hydrogen-bond acceptors (Lipinski definition) is 6. The van der Waals surface area contributed by atoms with Crippen LogP contribution >= 0.6 is 11.3 Å². The van der Waals surface area contributed by atoms with Gasteiger partial charge in [-0.1, -0.05) is 12.1 Å². The molecule has 0 bridgehead atoms. The lowest BCUT2D eigenvalue weighted by Crippen LogP contribution is -2.46. The third-order valence-electron chi connectivity index (χ3n) is 5.94. The van der Waals surface area contributed by atoms with Crippen LogP contribution in [0.15, 0.2) is 65.6 Å². The van der Waals surface area contributed by atoms with Crippen LogP contribution in [-0.2, 0) is 6.54 Å². The van der Waals surface area contributed by atoms with Gasteiger partial charge in [-0.2, -0.15) is 11.3 Å². The molecular formula is C24H22N6S. The summed E-state index contributed by atoms with van der Waals surface area (Å²) >= 11 is 1.69. The van der Waals surface area contributed by atoms with E-state index in [1.165, 1.54) is 11.3 Å². The van der Waals surface area contributed by atoms with Gasteiger partial charge in [0.2, 0.25) is 0 Å². The number of nitrogens with one attached hydrogen (secondary N) is 1. The van der Waals surface area contributed by atoms with E-state index in [0.717, 1.165) is 66.2 Å². The molecule has 31 heavy (non-hydrogen) atoms. The molecule has 6 nitrogen and oxygen atoms in total. The number of imidazole rings is 1. The largest absolute Gasteiger partial charge is 0.367 e. The van der Waals surface area contributed by atoms with Crippen LogP contribution < -0.4 is 4.90 Å². The predicted octanol–water partition coefficient (Wildman–Crippen LogP) is 4.56. The van der Waals surface area contributed by atoms with Crippen LogP contribution in [0.25, 0.3) is 33.5 Å². The Kier molecular flexibility index (Phi) is 4.62. The number of rotatable bonds is 4. The molecule has 1 aliphatic rings. The number of fused-ring (bicyclic) bond motifs is 2.